The van der Waals surface area contributed by atoms with Crippen LogP contribution in [0.15, 0.2) is 42.5 Å². The Labute approximate surface area is 125 Å². The molecule has 21 heavy (non-hydrogen) atoms. The molecule has 0 fully saturated rings. The number of benzene rings is 2. The van der Waals surface area contributed by atoms with Gasteiger partial charge in [0.2, 0.25) is 0 Å². The molecule has 0 spiro atoms. The maximum absolute atomic E-state index is 13.8. The first kappa shape index (κ1) is 15.6. The third-order valence-corrected chi connectivity index (χ3v) is 3.84. The summed E-state index contributed by atoms with van der Waals surface area (Å²) in [7, 11) is 0. The number of hydrogen-bond acceptors (Lipinski definition) is 1. The second kappa shape index (κ2) is 6.81. The normalized spacial score (nSPS) is 14.0. The van der Waals surface area contributed by atoms with Gasteiger partial charge in [0.25, 0.3) is 0 Å². The first-order chi connectivity index (χ1) is 10.0. The highest BCUT2D eigenvalue weighted by Gasteiger charge is 2.16. The molecule has 0 bridgehead atoms. The van der Waals surface area contributed by atoms with Gasteiger partial charge >= 0.3 is 0 Å². The Balaban J connectivity index is 2.10. The summed E-state index contributed by atoms with van der Waals surface area (Å²) in [6.45, 7) is 5.98. The largest absolute Gasteiger partial charge is 0.304 e. The molecule has 2 aromatic carbocycles. The van der Waals surface area contributed by atoms with Crippen molar-refractivity contribution in [1.29, 1.82) is 0 Å². The standard InChI is InChI=1S/C18H21F2N/c1-4-14-8-10-15(11-9-14)12(2)21-13(3)16-6-5-7-17(19)18(16)20/h5-13,21H,4H2,1-3H3. The van der Waals surface area contributed by atoms with E-state index in [0.717, 1.165) is 18.1 Å². The molecule has 2 rings (SSSR count). The van der Waals surface area contributed by atoms with Crippen LogP contribution in [0.4, 0.5) is 8.78 Å². The predicted octanol–water partition coefficient (Wildman–Crippen LogP) is 4.94. The minimum atomic E-state index is -0.805. The average Bonchev–Trinajstić information content (AvgIpc) is 2.50. The molecule has 2 unspecified atom stereocenters. The highest BCUT2D eigenvalue weighted by Crippen LogP contribution is 2.23. The second-order valence-electron chi connectivity index (χ2n) is 5.35. The molecule has 0 heterocycles. The Bertz CT molecular complexity index is 593. The van der Waals surface area contributed by atoms with E-state index in [-0.39, 0.29) is 12.1 Å². The minimum absolute atomic E-state index is 0.0635. The third-order valence-electron chi connectivity index (χ3n) is 3.84. The van der Waals surface area contributed by atoms with Crippen molar-refractivity contribution in [2.45, 2.75) is 39.3 Å². The monoisotopic (exact) mass is 289 g/mol. The van der Waals surface area contributed by atoms with Gasteiger partial charge in [0.05, 0.1) is 0 Å². The van der Waals surface area contributed by atoms with Crippen LogP contribution >= 0.6 is 0 Å². The van der Waals surface area contributed by atoms with Gasteiger partial charge in [-0.2, -0.15) is 0 Å². The van der Waals surface area contributed by atoms with Crippen LogP contribution < -0.4 is 5.32 Å². The summed E-state index contributed by atoms with van der Waals surface area (Å²) in [5.74, 6) is -1.58. The van der Waals surface area contributed by atoms with Crippen molar-refractivity contribution in [1.82, 2.24) is 5.32 Å². The summed E-state index contributed by atoms with van der Waals surface area (Å²) in [5, 5.41) is 3.31. The zero-order valence-electron chi connectivity index (χ0n) is 12.7. The number of halogens is 2. The first-order valence-electron chi connectivity index (χ1n) is 7.31. The van der Waals surface area contributed by atoms with Crippen LogP contribution in [0, 0.1) is 11.6 Å². The number of nitrogens with one attached hydrogen (secondary N) is 1. The molecule has 1 nitrogen and oxygen atoms in total. The molecule has 0 saturated carbocycles. The van der Waals surface area contributed by atoms with E-state index in [4.69, 9.17) is 0 Å². The summed E-state index contributed by atoms with van der Waals surface area (Å²) < 4.78 is 27.1. The Morgan fingerprint density at radius 3 is 2.24 bits per heavy atom. The van der Waals surface area contributed by atoms with Crippen LogP contribution in [-0.4, -0.2) is 0 Å². The van der Waals surface area contributed by atoms with Crippen LogP contribution in [0.1, 0.15) is 49.5 Å². The van der Waals surface area contributed by atoms with Crippen molar-refractivity contribution in [3.05, 3.63) is 70.8 Å². The molecule has 0 aliphatic rings. The van der Waals surface area contributed by atoms with Gasteiger partial charge in [0.1, 0.15) is 0 Å². The van der Waals surface area contributed by atoms with Crippen molar-refractivity contribution in [3.63, 3.8) is 0 Å². The highest BCUT2D eigenvalue weighted by atomic mass is 19.2. The third kappa shape index (κ3) is 3.67. The lowest BCUT2D eigenvalue weighted by Gasteiger charge is -2.21. The van der Waals surface area contributed by atoms with Crippen molar-refractivity contribution < 1.29 is 8.78 Å². The fourth-order valence-electron chi connectivity index (χ4n) is 2.46. The molecule has 2 atom stereocenters. The molecular weight excluding hydrogens is 268 g/mol. The van der Waals surface area contributed by atoms with E-state index < -0.39 is 11.6 Å². The lowest BCUT2D eigenvalue weighted by atomic mass is 10.0. The van der Waals surface area contributed by atoms with E-state index in [1.54, 1.807) is 6.07 Å². The van der Waals surface area contributed by atoms with E-state index in [1.807, 2.05) is 13.8 Å². The maximum Gasteiger partial charge on any atom is 0.163 e. The number of rotatable bonds is 5. The average molecular weight is 289 g/mol. The van der Waals surface area contributed by atoms with Crippen molar-refractivity contribution in [3.8, 4) is 0 Å². The van der Waals surface area contributed by atoms with E-state index in [9.17, 15) is 8.78 Å². The Morgan fingerprint density at radius 1 is 0.952 bits per heavy atom. The molecule has 0 saturated heterocycles. The Morgan fingerprint density at radius 2 is 1.62 bits per heavy atom. The molecule has 2 aromatic rings. The molecule has 0 amide bonds. The maximum atomic E-state index is 13.8. The van der Waals surface area contributed by atoms with Crippen LogP contribution in [0.25, 0.3) is 0 Å². The van der Waals surface area contributed by atoms with Crippen molar-refractivity contribution in [2.24, 2.45) is 0 Å². The zero-order chi connectivity index (χ0) is 15.4. The van der Waals surface area contributed by atoms with Crippen molar-refractivity contribution >= 4 is 0 Å². The van der Waals surface area contributed by atoms with Gasteiger partial charge in [-0.25, -0.2) is 8.78 Å². The summed E-state index contributed by atoms with van der Waals surface area (Å²) >= 11 is 0. The predicted molar refractivity (Wildman–Crippen MR) is 82.1 cm³/mol. The molecule has 3 heteroatoms. The Kier molecular flexibility index (Phi) is 5.07. The fourth-order valence-corrected chi connectivity index (χ4v) is 2.46. The molecule has 1 N–H and O–H groups in total. The molecule has 0 aliphatic heterocycles. The van der Waals surface area contributed by atoms with Gasteiger partial charge in [-0.15, -0.1) is 0 Å². The lowest BCUT2D eigenvalue weighted by Crippen LogP contribution is -2.23. The highest BCUT2D eigenvalue weighted by molar-refractivity contribution is 5.26. The molecule has 0 aromatic heterocycles. The van der Waals surface area contributed by atoms with Crippen LogP contribution in [0.3, 0.4) is 0 Å². The van der Waals surface area contributed by atoms with Gasteiger partial charge in [-0.05, 0) is 37.5 Å². The minimum Gasteiger partial charge on any atom is -0.304 e. The van der Waals surface area contributed by atoms with Crippen LogP contribution in [0.2, 0.25) is 0 Å². The number of aryl methyl sites for hydroxylation is 1. The molecule has 0 radical (unpaired) electrons. The zero-order valence-corrected chi connectivity index (χ0v) is 12.7. The van der Waals surface area contributed by atoms with Gasteiger partial charge in [-0.1, -0.05) is 43.3 Å². The van der Waals surface area contributed by atoms with E-state index in [0.29, 0.717) is 5.56 Å². The topological polar surface area (TPSA) is 12.0 Å². The van der Waals surface area contributed by atoms with E-state index in [1.165, 1.54) is 11.6 Å². The summed E-state index contributed by atoms with van der Waals surface area (Å²) in [6.07, 6.45) is 1.01. The summed E-state index contributed by atoms with van der Waals surface area (Å²) in [4.78, 5) is 0. The summed E-state index contributed by atoms with van der Waals surface area (Å²) in [6, 6.07) is 12.4. The SMILES string of the molecule is CCc1ccc(C(C)NC(C)c2cccc(F)c2F)cc1. The lowest BCUT2D eigenvalue weighted by molar-refractivity contribution is 0.449. The quantitative estimate of drug-likeness (QED) is 0.822. The fraction of sp³-hybridized carbons (Fsp3) is 0.333. The molecule has 112 valence electrons. The van der Waals surface area contributed by atoms with Crippen LogP contribution in [0.5, 0.6) is 0 Å². The van der Waals surface area contributed by atoms with Crippen LogP contribution in [-0.2, 0) is 6.42 Å². The van der Waals surface area contributed by atoms with E-state index in [2.05, 4.69) is 36.5 Å². The Hall–Kier alpha value is -1.74. The van der Waals surface area contributed by atoms with Gasteiger partial charge in [0, 0.05) is 17.6 Å². The van der Waals surface area contributed by atoms with Gasteiger partial charge in [-0.3, -0.25) is 0 Å². The summed E-state index contributed by atoms with van der Waals surface area (Å²) in [5.41, 5.74) is 2.78. The van der Waals surface area contributed by atoms with Crippen molar-refractivity contribution in [2.75, 3.05) is 0 Å². The van der Waals surface area contributed by atoms with E-state index >= 15 is 0 Å². The first-order valence-corrected chi connectivity index (χ1v) is 7.31. The van der Waals surface area contributed by atoms with Gasteiger partial charge < -0.3 is 5.32 Å². The smallest absolute Gasteiger partial charge is 0.163 e. The molecular formula is C18H21F2N. The van der Waals surface area contributed by atoms with Gasteiger partial charge in [0.15, 0.2) is 11.6 Å². The number of hydrogen-bond donors (Lipinski definition) is 1. The molecule has 0 aliphatic carbocycles. The second-order valence-corrected chi connectivity index (χ2v) is 5.35.